The predicted octanol–water partition coefficient (Wildman–Crippen LogP) is 0.301. The number of hydrogen-bond donors (Lipinski definition) is 2. The van der Waals surface area contributed by atoms with Gasteiger partial charge in [0.2, 0.25) is 5.88 Å². The Kier molecular flexibility index (Phi) is 2.27. The number of rotatable bonds is 1. The van der Waals surface area contributed by atoms with Crippen molar-refractivity contribution in [3.05, 3.63) is 5.88 Å². The Balaban J connectivity index is 2.55. The summed E-state index contributed by atoms with van der Waals surface area (Å²) in [6.07, 6.45) is 0. The molecule has 0 aliphatic carbocycles. The lowest BCUT2D eigenvalue weighted by Gasteiger charge is -2.13. The number of amides is 2. The van der Waals surface area contributed by atoms with Gasteiger partial charge in [0, 0.05) is 0 Å². The van der Waals surface area contributed by atoms with Gasteiger partial charge >= 0.3 is 12.0 Å². The van der Waals surface area contributed by atoms with Crippen LogP contribution in [0, 0.1) is 5.88 Å². The van der Waals surface area contributed by atoms with Crippen molar-refractivity contribution in [2.45, 2.75) is 5.03 Å². The largest absolute Gasteiger partial charge is 0.479 e. The summed E-state index contributed by atoms with van der Waals surface area (Å²) in [6, 6.07) is -1.06. The second-order valence-electron chi connectivity index (χ2n) is 2.62. The van der Waals surface area contributed by atoms with Crippen molar-refractivity contribution in [2.24, 2.45) is 5.73 Å². The van der Waals surface area contributed by atoms with Gasteiger partial charge < -0.3 is 15.6 Å². The maximum Gasteiger partial charge on any atom is 0.320 e. The highest BCUT2D eigenvalue weighted by molar-refractivity contribution is 8.01. The molecule has 7 nitrogen and oxygen atoms in total. The fraction of sp³-hybridized carbons (Fsp3) is 0.143. The molecule has 2 amide bonds. The third kappa shape index (κ3) is 1.52. The number of nitrogens with zero attached hydrogens (tertiary/aromatic N) is 3. The number of thioether (sulfide) groups is 1. The summed E-state index contributed by atoms with van der Waals surface area (Å²) < 4.78 is 4.92. The minimum atomic E-state index is -0.658. The summed E-state index contributed by atoms with van der Waals surface area (Å²) >= 11 is 1.16. The van der Waals surface area contributed by atoms with Gasteiger partial charge in [0.1, 0.15) is 16.6 Å². The molecule has 0 spiro atoms. The highest BCUT2D eigenvalue weighted by Crippen LogP contribution is 2.45. The zero-order chi connectivity index (χ0) is 11.0. The number of nitrogens with two attached hydrogens (primary N) is 1. The smallest absolute Gasteiger partial charge is 0.320 e. The van der Waals surface area contributed by atoms with Crippen molar-refractivity contribution >= 4 is 23.5 Å². The van der Waals surface area contributed by atoms with E-state index in [1.165, 1.54) is 13.0 Å². The highest BCUT2D eigenvalue weighted by Gasteiger charge is 2.31. The van der Waals surface area contributed by atoms with Crippen LogP contribution in [0.15, 0.2) is 5.03 Å². The van der Waals surface area contributed by atoms with Gasteiger partial charge in [0.25, 0.3) is 0 Å². The molecule has 0 fully saturated rings. The van der Waals surface area contributed by atoms with Crippen LogP contribution in [0.3, 0.4) is 0 Å². The Bertz CT molecular complexity index is 425. The molecular formula is C7H7N4O3S. The van der Waals surface area contributed by atoms with Gasteiger partial charge in [-0.3, -0.25) is 4.90 Å². The average molecular weight is 227 g/mol. The zero-order valence-corrected chi connectivity index (χ0v) is 8.48. The van der Waals surface area contributed by atoms with Crippen LogP contribution < -0.4 is 15.4 Å². The fourth-order valence-electron chi connectivity index (χ4n) is 1.15. The number of primary amides is 1. The molecule has 1 radical (unpaired) electrons. The Morgan fingerprint density at radius 3 is 3.00 bits per heavy atom. The topological polar surface area (TPSA) is 102 Å². The molecule has 0 bridgehead atoms. The normalized spacial score (nSPS) is 13.8. The van der Waals surface area contributed by atoms with Crippen molar-refractivity contribution in [2.75, 3.05) is 12.0 Å². The lowest BCUT2D eigenvalue weighted by Crippen LogP contribution is -2.31. The maximum absolute atomic E-state index is 11.0. The molecule has 0 saturated heterocycles. The van der Waals surface area contributed by atoms with E-state index in [4.69, 9.17) is 15.6 Å². The SMILES string of the molecule is COc1nc(O)nc2c1N(C(N)=O)[CH]S2. The molecule has 8 heteroatoms. The molecule has 2 rings (SSSR count). The zero-order valence-electron chi connectivity index (χ0n) is 7.67. The maximum atomic E-state index is 11.0. The number of ether oxygens (including phenoxy) is 1. The summed E-state index contributed by atoms with van der Waals surface area (Å²) in [5, 5.41) is 9.60. The van der Waals surface area contributed by atoms with Gasteiger partial charge in [-0.1, -0.05) is 11.8 Å². The molecule has 0 unspecified atom stereocenters. The third-order valence-electron chi connectivity index (χ3n) is 1.75. The molecule has 2 heterocycles. The van der Waals surface area contributed by atoms with Crippen LogP contribution >= 0.6 is 11.8 Å². The van der Waals surface area contributed by atoms with Gasteiger partial charge in [-0.15, -0.1) is 0 Å². The summed E-state index contributed by atoms with van der Waals surface area (Å²) in [7, 11) is 1.38. The Morgan fingerprint density at radius 1 is 1.67 bits per heavy atom. The van der Waals surface area contributed by atoms with Crippen molar-refractivity contribution in [3.8, 4) is 11.9 Å². The lowest BCUT2D eigenvalue weighted by molar-refractivity contribution is 0.255. The number of carbonyl (C=O) groups excluding carboxylic acids is 1. The molecular weight excluding hydrogens is 220 g/mol. The van der Waals surface area contributed by atoms with E-state index in [1.54, 1.807) is 0 Å². The predicted molar refractivity (Wildman–Crippen MR) is 52.5 cm³/mol. The van der Waals surface area contributed by atoms with E-state index in [2.05, 4.69) is 9.97 Å². The number of fused-ring (bicyclic) bond motifs is 1. The van der Waals surface area contributed by atoms with Crippen molar-refractivity contribution in [1.29, 1.82) is 0 Å². The number of hydrogen-bond acceptors (Lipinski definition) is 6. The number of aromatic nitrogens is 2. The quantitative estimate of drug-likeness (QED) is 0.669. The lowest BCUT2D eigenvalue weighted by atomic mass is 10.4. The first-order chi connectivity index (χ1) is 7.13. The van der Waals surface area contributed by atoms with Gasteiger partial charge in [-0.25, -0.2) is 4.79 Å². The molecule has 79 valence electrons. The third-order valence-corrected chi connectivity index (χ3v) is 2.57. The van der Waals surface area contributed by atoms with Crippen molar-refractivity contribution in [3.63, 3.8) is 0 Å². The molecule has 0 saturated carbocycles. The van der Waals surface area contributed by atoms with E-state index < -0.39 is 12.0 Å². The van der Waals surface area contributed by atoms with Crippen LogP contribution in [0.5, 0.6) is 11.9 Å². The number of aromatic hydroxyl groups is 1. The molecule has 1 aliphatic heterocycles. The first kappa shape index (κ1) is 9.84. The highest BCUT2D eigenvalue weighted by atomic mass is 32.2. The number of urea groups is 1. The summed E-state index contributed by atoms with van der Waals surface area (Å²) in [6.45, 7) is 0. The van der Waals surface area contributed by atoms with E-state index >= 15 is 0 Å². The number of carbonyl (C=O) groups is 1. The molecule has 3 N–H and O–H groups in total. The molecule has 1 aromatic heterocycles. The summed E-state index contributed by atoms with van der Waals surface area (Å²) in [4.78, 5) is 19.6. The van der Waals surface area contributed by atoms with Crippen LogP contribution in [0.1, 0.15) is 0 Å². The molecule has 0 aromatic carbocycles. The first-order valence-corrected chi connectivity index (χ1v) is 4.75. The minimum absolute atomic E-state index is 0.109. The van der Waals surface area contributed by atoms with Crippen LogP contribution in [0.25, 0.3) is 0 Å². The number of anilines is 1. The van der Waals surface area contributed by atoms with Crippen molar-refractivity contribution < 1.29 is 14.6 Å². The van der Waals surface area contributed by atoms with E-state index in [0.717, 1.165) is 16.7 Å². The summed E-state index contributed by atoms with van der Waals surface area (Å²) in [5.74, 6) is 1.58. The molecule has 1 aromatic rings. The second-order valence-corrected chi connectivity index (χ2v) is 3.45. The fourth-order valence-corrected chi connectivity index (χ4v) is 2.00. The standard InChI is InChI=1S/C7H7N4O3S/c1-14-4-3-5(10-7(13)9-4)15-2-11(3)6(8)12/h2H,1H3,(H2,8,12)(H,9,10,13). The van der Waals surface area contributed by atoms with E-state index in [1.807, 2.05) is 0 Å². The van der Waals surface area contributed by atoms with E-state index in [-0.39, 0.29) is 5.88 Å². The van der Waals surface area contributed by atoms with Gasteiger partial charge in [0.05, 0.1) is 7.11 Å². The van der Waals surface area contributed by atoms with Gasteiger partial charge in [0.15, 0.2) is 0 Å². The van der Waals surface area contributed by atoms with Crippen LogP contribution in [0.2, 0.25) is 0 Å². The Morgan fingerprint density at radius 2 is 2.40 bits per heavy atom. The van der Waals surface area contributed by atoms with Gasteiger partial charge in [-0.2, -0.15) is 9.97 Å². The van der Waals surface area contributed by atoms with E-state index in [0.29, 0.717) is 10.7 Å². The minimum Gasteiger partial charge on any atom is -0.479 e. The van der Waals surface area contributed by atoms with Crippen LogP contribution in [0.4, 0.5) is 10.5 Å². The van der Waals surface area contributed by atoms with Crippen molar-refractivity contribution in [1.82, 2.24) is 9.97 Å². The van der Waals surface area contributed by atoms with Crippen LogP contribution in [-0.4, -0.2) is 28.2 Å². The van der Waals surface area contributed by atoms with E-state index in [9.17, 15) is 4.79 Å². The molecule has 0 atom stereocenters. The average Bonchev–Trinajstić information content (AvgIpc) is 2.59. The second kappa shape index (κ2) is 3.46. The Hall–Kier alpha value is -1.70. The van der Waals surface area contributed by atoms with Gasteiger partial charge in [-0.05, 0) is 0 Å². The first-order valence-electron chi connectivity index (χ1n) is 3.87. The molecule has 1 aliphatic rings. The Labute approximate surface area is 89.3 Å². The van der Waals surface area contributed by atoms with Crippen LogP contribution in [-0.2, 0) is 0 Å². The number of methoxy groups -OCH3 is 1. The molecule has 15 heavy (non-hydrogen) atoms. The monoisotopic (exact) mass is 227 g/mol. The summed E-state index contributed by atoms with van der Waals surface area (Å²) in [5.41, 5.74) is 5.50.